The molecule has 1 aliphatic carbocycles. The normalized spacial score (nSPS) is 16.0. The fourth-order valence-corrected chi connectivity index (χ4v) is 5.46. The summed E-state index contributed by atoms with van der Waals surface area (Å²) in [5.74, 6) is -1.83. The van der Waals surface area contributed by atoms with Crippen molar-refractivity contribution in [3.63, 3.8) is 0 Å². The van der Waals surface area contributed by atoms with Crippen LogP contribution in [0.4, 0.5) is 9.59 Å². The topological polar surface area (TPSA) is 158 Å². The molecule has 1 aromatic carbocycles. The molecule has 0 aliphatic heterocycles. The van der Waals surface area contributed by atoms with Gasteiger partial charge in [0.2, 0.25) is 5.72 Å². The average Bonchev–Trinajstić information content (AvgIpc) is 3.04. The molecule has 2 rings (SSSR count). The Labute approximate surface area is 279 Å². The van der Waals surface area contributed by atoms with Gasteiger partial charge in [0.15, 0.2) is 0 Å². The molecule has 1 fully saturated rings. The smallest absolute Gasteiger partial charge is 0.410 e. The first-order valence-corrected chi connectivity index (χ1v) is 16.6. The third-order valence-corrected chi connectivity index (χ3v) is 8.23. The Balaban J connectivity index is 2.35. The van der Waals surface area contributed by atoms with Gasteiger partial charge in [0.05, 0.1) is 0 Å². The minimum atomic E-state index is -2.26. The lowest BCUT2D eigenvalue weighted by Crippen LogP contribution is -2.65. The van der Waals surface area contributed by atoms with Crippen LogP contribution in [0.1, 0.15) is 71.8 Å². The Kier molecular flexibility index (Phi) is 17.0. The molecule has 0 aromatic heterocycles. The highest BCUT2D eigenvalue weighted by atomic mass is 16.6. The molecular formula is C35H55N5O7. The lowest BCUT2D eigenvalue weighted by molar-refractivity contribution is -0.149. The maximum atomic E-state index is 13.7. The Morgan fingerprint density at radius 3 is 2.15 bits per heavy atom. The van der Waals surface area contributed by atoms with Gasteiger partial charge in [-0.1, -0.05) is 103 Å². The van der Waals surface area contributed by atoms with Crippen molar-refractivity contribution in [2.45, 2.75) is 90.4 Å². The van der Waals surface area contributed by atoms with Gasteiger partial charge in [0.25, 0.3) is 11.8 Å². The molecule has 1 aromatic rings. The van der Waals surface area contributed by atoms with Crippen LogP contribution in [0, 0.1) is 17.8 Å². The van der Waals surface area contributed by atoms with Gasteiger partial charge in [-0.3, -0.25) is 20.3 Å². The summed E-state index contributed by atoms with van der Waals surface area (Å²) in [4.78, 5) is 52.1. The van der Waals surface area contributed by atoms with Gasteiger partial charge in [0.1, 0.15) is 19.3 Å². The molecule has 0 spiro atoms. The second-order valence-electron chi connectivity index (χ2n) is 12.8. The molecule has 1 aliphatic rings. The summed E-state index contributed by atoms with van der Waals surface area (Å²) in [6.45, 7) is 14.6. The Hall–Kier alpha value is -3.90. The van der Waals surface area contributed by atoms with E-state index >= 15 is 0 Å². The molecule has 1 saturated carbocycles. The maximum absolute atomic E-state index is 13.7. The van der Waals surface area contributed by atoms with Crippen molar-refractivity contribution in [1.82, 2.24) is 26.4 Å². The van der Waals surface area contributed by atoms with E-state index in [0.29, 0.717) is 25.3 Å². The molecule has 12 heteroatoms. The molecule has 0 unspecified atom stereocenters. The lowest BCUT2D eigenvalue weighted by atomic mass is 9.89. The monoisotopic (exact) mass is 657 g/mol. The second kappa shape index (κ2) is 20.4. The van der Waals surface area contributed by atoms with Crippen molar-refractivity contribution >= 4 is 24.0 Å². The molecule has 0 heterocycles. The first kappa shape index (κ1) is 39.3. The van der Waals surface area contributed by atoms with Crippen LogP contribution in [-0.2, 0) is 25.5 Å². The van der Waals surface area contributed by atoms with E-state index < -0.39 is 47.7 Å². The van der Waals surface area contributed by atoms with E-state index in [2.05, 4.69) is 34.5 Å². The van der Waals surface area contributed by atoms with Crippen molar-refractivity contribution in [3.05, 3.63) is 61.2 Å². The van der Waals surface area contributed by atoms with Gasteiger partial charge in [-0.15, -0.1) is 0 Å². The van der Waals surface area contributed by atoms with E-state index in [-0.39, 0.29) is 25.7 Å². The molecular weight excluding hydrogens is 602 g/mol. The largest absolute Gasteiger partial charge is 0.445 e. The number of hydrazine groups is 1. The number of rotatable bonds is 19. The van der Waals surface area contributed by atoms with Crippen LogP contribution >= 0.6 is 0 Å². The highest BCUT2D eigenvalue weighted by molar-refractivity contribution is 5.88. The van der Waals surface area contributed by atoms with Crippen molar-refractivity contribution in [3.8, 4) is 0 Å². The van der Waals surface area contributed by atoms with Crippen LogP contribution in [0.3, 0.4) is 0 Å². The molecule has 47 heavy (non-hydrogen) atoms. The predicted molar refractivity (Wildman–Crippen MR) is 181 cm³/mol. The Morgan fingerprint density at radius 2 is 1.57 bits per heavy atom. The fraction of sp³-hybridized carbons (Fsp3) is 0.600. The number of nitrogens with zero attached hydrogens (tertiary/aromatic N) is 1. The zero-order valence-corrected chi connectivity index (χ0v) is 28.5. The third kappa shape index (κ3) is 13.8. The first-order valence-electron chi connectivity index (χ1n) is 16.6. The van der Waals surface area contributed by atoms with E-state index in [4.69, 9.17) is 9.47 Å². The predicted octanol–water partition coefficient (Wildman–Crippen LogP) is 4.21. The van der Waals surface area contributed by atoms with Crippen molar-refractivity contribution in [2.75, 3.05) is 26.3 Å². The van der Waals surface area contributed by atoms with Crippen LogP contribution in [0.5, 0.6) is 0 Å². The molecule has 4 amide bonds. The van der Waals surface area contributed by atoms with E-state index in [1.54, 1.807) is 18.9 Å². The summed E-state index contributed by atoms with van der Waals surface area (Å²) in [6.07, 6.45) is 7.61. The van der Waals surface area contributed by atoms with Crippen LogP contribution < -0.4 is 21.4 Å². The summed E-state index contributed by atoms with van der Waals surface area (Å²) in [6, 6.07) is 8.36. The third-order valence-electron chi connectivity index (χ3n) is 8.23. The number of carbonyl (C=O) groups excluding carboxylic acids is 4. The summed E-state index contributed by atoms with van der Waals surface area (Å²) in [5.41, 5.74) is 1.81. The zero-order valence-electron chi connectivity index (χ0n) is 28.5. The van der Waals surface area contributed by atoms with Gasteiger partial charge in [0, 0.05) is 25.0 Å². The highest BCUT2D eigenvalue weighted by Gasteiger charge is 2.42. The van der Waals surface area contributed by atoms with E-state index in [9.17, 15) is 24.3 Å². The summed E-state index contributed by atoms with van der Waals surface area (Å²) in [5, 5.41) is 21.1. The van der Waals surface area contributed by atoms with Gasteiger partial charge in [-0.25, -0.2) is 14.6 Å². The molecule has 0 bridgehead atoms. The Bertz CT molecular complexity index is 1160. The number of alkyl carbamates (subject to hydrolysis) is 2. The van der Waals surface area contributed by atoms with Gasteiger partial charge in [-0.2, -0.15) is 0 Å². The van der Waals surface area contributed by atoms with Crippen molar-refractivity contribution in [2.24, 2.45) is 17.8 Å². The summed E-state index contributed by atoms with van der Waals surface area (Å²) < 4.78 is 10.0. The molecule has 3 atom stereocenters. The van der Waals surface area contributed by atoms with Crippen LogP contribution in [-0.4, -0.2) is 78.2 Å². The number of hydrogen-bond donors (Lipinski definition) is 5. The number of nitrogens with one attached hydrogen (secondary N) is 4. The maximum Gasteiger partial charge on any atom is 0.410 e. The number of aryl methyl sites for hydroxylation is 1. The van der Waals surface area contributed by atoms with Gasteiger partial charge < -0.3 is 25.2 Å². The van der Waals surface area contributed by atoms with E-state index in [1.807, 2.05) is 44.2 Å². The standard InChI is InChI=1S/C35H55N5O7/c1-7-21-46-33(43)37-30(25(3)4)31(41)39-40(23-28-17-13-10-14-18-28)24-29(20-19-27-15-11-9-12-16-27)36-32(42)35(45,26(5)6)38-34(44)47-22-8-2/h7-9,11-12,15-16,25-26,28-30,45H,1-2,10,13-14,17-24H2,3-6H3,(H,36,42)(H,37,43)(H,38,44)(H,39,41)/t29-,30-,35+/m0/s1. The van der Waals surface area contributed by atoms with E-state index in [0.717, 1.165) is 31.2 Å². The SMILES string of the molecule is C=CCOC(=O)N[C@H](C(=O)NN(CC1CCCCC1)C[C@H](CCc1ccccc1)NC(=O)[C@@](O)(NC(=O)OCC=C)C(C)C)C(C)C. The van der Waals surface area contributed by atoms with Crippen molar-refractivity contribution < 1.29 is 33.8 Å². The molecule has 0 radical (unpaired) electrons. The van der Waals surface area contributed by atoms with Crippen LogP contribution in [0.25, 0.3) is 0 Å². The van der Waals surface area contributed by atoms with Crippen LogP contribution in [0.2, 0.25) is 0 Å². The first-order chi connectivity index (χ1) is 22.4. The van der Waals surface area contributed by atoms with Gasteiger partial charge in [-0.05, 0) is 43.1 Å². The molecule has 12 nitrogen and oxygen atoms in total. The lowest BCUT2D eigenvalue weighted by Gasteiger charge is -2.36. The number of amides is 4. The summed E-state index contributed by atoms with van der Waals surface area (Å²) in [7, 11) is 0. The molecule has 5 N–H and O–H groups in total. The Morgan fingerprint density at radius 1 is 0.957 bits per heavy atom. The number of aliphatic hydroxyl groups is 1. The summed E-state index contributed by atoms with van der Waals surface area (Å²) >= 11 is 0. The minimum absolute atomic E-state index is 0.0123. The zero-order chi connectivity index (χ0) is 34.8. The van der Waals surface area contributed by atoms with Crippen LogP contribution in [0.15, 0.2) is 55.6 Å². The molecule has 262 valence electrons. The second-order valence-corrected chi connectivity index (χ2v) is 12.8. The highest BCUT2D eigenvalue weighted by Crippen LogP contribution is 2.24. The number of benzene rings is 1. The number of hydrogen-bond acceptors (Lipinski definition) is 8. The number of ether oxygens (including phenoxy) is 2. The average molecular weight is 658 g/mol. The van der Waals surface area contributed by atoms with Gasteiger partial charge >= 0.3 is 12.2 Å². The van der Waals surface area contributed by atoms with Crippen molar-refractivity contribution in [1.29, 1.82) is 0 Å². The quantitative estimate of drug-likeness (QED) is 0.0841. The van der Waals surface area contributed by atoms with E-state index in [1.165, 1.54) is 18.6 Å². The number of carbonyl (C=O) groups is 4. The minimum Gasteiger partial charge on any atom is -0.445 e. The fourth-order valence-electron chi connectivity index (χ4n) is 5.46. The molecule has 0 saturated heterocycles.